The zero-order valence-corrected chi connectivity index (χ0v) is 7.89. The maximum absolute atomic E-state index is 12.6. The molecule has 5 heteroatoms. The summed E-state index contributed by atoms with van der Waals surface area (Å²) in [6.07, 6.45) is -2.18. The van der Waals surface area contributed by atoms with Crippen molar-refractivity contribution in [2.75, 3.05) is 5.73 Å². The Bertz CT molecular complexity index is 331. The van der Waals surface area contributed by atoms with Crippen molar-refractivity contribution in [1.82, 2.24) is 4.98 Å². The third-order valence-electron chi connectivity index (χ3n) is 1.91. The summed E-state index contributed by atoms with van der Waals surface area (Å²) >= 11 is 0. The van der Waals surface area contributed by atoms with Gasteiger partial charge in [0, 0.05) is 6.20 Å². The molecule has 0 spiro atoms. The van der Waals surface area contributed by atoms with Crippen LogP contribution in [0.1, 0.15) is 30.9 Å². The molecule has 0 aliphatic carbocycles. The van der Waals surface area contributed by atoms with Crippen molar-refractivity contribution in [2.24, 2.45) is 0 Å². The lowest BCUT2D eigenvalue weighted by atomic mass is 9.98. The van der Waals surface area contributed by atoms with Gasteiger partial charge >= 0.3 is 6.18 Å². The minimum absolute atomic E-state index is 0.137. The average Bonchev–Trinajstić information content (AvgIpc) is 2.01. The molecular weight excluding hydrogens is 193 g/mol. The van der Waals surface area contributed by atoms with E-state index in [1.54, 1.807) is 13.8 Å². The van der Waals surface area contributed by atoms with Crippen LogP contribution in [0.2, 0.25) is 0 Å². The second kappa shape index (κ2) is 3.48. The number of hydrogen-bond acceptors (Lipinski definition) is 2. The predicted molar refractivity (Wildman–Crippen MR) is 47.7 cm³/mol. The summed E-state index contributed by atoms with van der Waals surface area (Å²) in [5, 5.41) is 0. The van der Waals surface area contributed by atoms with Gasteiger partial charge in [0.2, 0.25) is 0 Å². The molecule has 0 atom stereocenters. The number of pyridine rings is 1. The minimum Gasteiger partial charge on any atom is -0.397 e. The monoisotopic (exact) mass is 204 g/mol. The van der Waals surface area contributed by atoms with E-state index in [0.717, 1.165) is 6.20 Å². The molecule has 0 unspecified atom stereocenters. The Hall–Kier alpha value is -1.26. The van der Waals surface area contributed by atoms with Crippen molar-refractivity contribution in [3.63, 3.8) is 0 Å². The van der Waals surface area contributed by atoms with Crippen molar-refractivity contribution in [3.8, 4) is 0 Å². The molecule has 0 radical (unpaired) electrons. The number of anilines is 1. The van der Waals surface area contributed by atoms with Crippen molar-refractivity contribution in [3.05, 3.63) is 23.5 Å². The van der Waals surface area contributed by atoms with Crippen LogP contribution >= 0.6 is 0 Å². The first-order chi connectivity index (χ1) is 6.34. The van der Waals surface area contributed by atoms with E-state index in [9.17, 15) is 13.2 Å². The lowest BCUT2D eigenvalue weighted by Crippen LogP contribution is -2.14. The van der Waals surface area contributed by atoms with Gasteiger partial charge in [0.15, 0.2) is 0 Å². The highest BCUT2D eigenvalue weighted by molar-refractivity contribution is 5.51. The summed E-state index contributed by atoms with van der Waals surface area (Å²) in [5.41, 5.74) is 4.32. The van der Waals surface area contributed by atoms with Gasteiger partial charge in [-0.25, -0.2) is 0 Å². The predicted octanol–water partition coefficient (Wildman–Crippen LogP) is 2.81. The Kier molecular flexibility index (Phi) is 2.69. The minimum atomic E-state index is -4.41. The van der Waals surface area contributed by atoms with Crippen molar-refractivity contribution in [1.29, 1.82) is 0 Å². The quantitative estimate of drug-likeness (QED) is 0.763. The highest BCUT2D eigenvalue weighted by Gasteiger charge is 2.36. The first-order valence-electron chi connectivity index (χ1n) is 4.14. The van der Waals surface area contributed by atoms with Crippen molar-refractivity contribution >= 4 is 5.69 Å². The van der Waals surface area contributed by atoms with Gasteiger partial charge < -0.3 is 5.73 Å². The van der Waals surface area contributed by atoms with E-state index in [2.05, 4.69) is 4.98 Å². The summed E-state index contributed by atoms with van der Waals surface area (Å²) in [5.74, 6) is -0.248. The SMILES string of the molecule is CC(C)c1cncc(N)c1C(F)(F)F. The molecule has 0 bridgehead atoms. The standard InChI is InChI=1S/C9H11F3N2/c1-5(2)6-3-14-4-7(13)8(6)9(10,11)12/h3-5H,13H2,1-2H3. The number of nitrogen functional groups attached to an aromatic ring is 1. The molecule has 0 fully saturated rings. The molecule has 14 heavy (non-hydrogen) atoms. The number of nitrogens with two attached hydrogens (primary N) is 1. The highest BCUT2D eigenvalue weighted by atomic mass is 19.4. The molecule has 2 nitrogen and oxygen atoms in total. The normalized spacial score (nSPS) is 12.1. The third-order valence-corrected chi connectivity index (χ3v) is 1.91. The van der Waals surface area contributed by atoms with Gasteiger partial charge in [-0.3, -0.25) is 4.98 Å². The Balaban J connectivity index is 3.38. The molecule has 78 valence electrons. The Morgan fingerprint density at radius 2 is 1.86 bits per heavy atom. The summed E-state index contributed by atoms with van der Waals surface area (Å²) in [6, 6.07) is 0. The van der Waals surface area contributed by atoms with E-state index in [4.69, 9.17) is 5.73 Å². The molecule has 0 amide bonds. The maximum Gasteiger partial charge on any atom is 0.418 e. The van der Waals surface area contributed by atoms with Crippen LogP contribution in [0.5, 0.6) is 0 Å². The maximum atomic E-state index is 12.6. The first kappa shape index (κ1) is 10.8. The van der Waals surface area contributed by atoms with E-state index in [0.29, 0.717) is 0 Å². The topological polar surface area (TPSA) is 38.9 Å². The fourth-order valence-corrected chi connectivity index (χ4v) is 1.26. The Morgan fingerprint density at radius 1 is 1.29 bits per heavy atom. The van der Waals surface area contributed by atoms with Crippen LogP contribution in [0.25, 0.3) is 0 Å². The third kappa shape index (κ3) is 1.97. The van der Waals surface area contributed by atoms with Crippen molar-refractivity contribution < 1.29 is 13.2 Å². The van der Waals surface area contributed by atoms with Gasteiger partial charge in [-0.15, -0.1) is 0 Å². The fraction of sp³-hybridized carbons (Fsp3) is 0.444. The van der Waals surface area contributed by atoms with E-state index in [1.165, 1.54) is 6.20 Å². The van der Waals surface area contributed by atoms with Crippen LogP contribution in [0.3, 0.4) is 0 Å². The van der Waals surface area contributed by atoms with Crippen LogP contribution in [-0.2, 0) is 6.18 Å². The molecule has 0 aromatic carbocycles. The summed E-state index contributed by atoms with van der Waals surface area (Å²) in [6.45, 7) is 3.34. The molecule has 0 aliphatic rings. The number of halogens is 3. The lowest BCUT2D eigenvalue weighted by molar-refractivity contribution is -0.137. The van der Waals surface area contributed by atoms with Crippen LogP contribution in [0, 0.1) is 0 Å². The Labute approximate surface area is 79.9 Å². The van der Waals surface area contributed by atoms with Gasteiger partial charge in [-0.05, 0) is 11.5 Å². The molecule has 2 N–H and O–H groups in total. The summed E-state index contributed by atoms with van der Waals surface area (Å²) in [4.78, 5) is 3.65. The summed E-state index contributed by atoms with van der Waals surface area (Å²) in [7, 11) is 0. The number of nitrogens with zero attached hydrogens (tertiary/aromatic N) is 1. The number of hydrogen-bond donors (Lipinski definition) is 1. The van der Waals surface area contributed by atoms with Gasteiger partial charge in [0.05, 0.1) is 17.4 Å². The molecule has 1 rings (SSSR count). The van der Waals surface area contributed by atoms with Crippen LogP contribution in [0.4, 0.5) is 18.9 Å². The molecule has 1 aromatic heterocycles. The van der Waals surface area contributed by atoms with Crippen LogP contribution in [-0.4, -0.2) is 4.98 Å². The van der Waals surface area contributed by atoms with E-state index >= 15 is 0 Å². The molecule has 0 saturated heterocycles. The van der Waals surface area contributed by atoms with Crippen molar-refractivity contribution in [2.45, 2.75) is 25.9 Å². The number of alkyl halides is 3. The largest absolute Gasteiger partial charge is 0.418 e. The van der Waals surface area contributed by atoms with Crippen LogP contribution < -0.4 is 5.73 Å². The zero-order valence-electron chi connectivity index (χ0n) is 7.89. The second-order valence-corrected chi connectivity index (χ2v) is 3.35. The number of rotatable bonds is 1. The van der Waals surface area contributed by atoms with Crippen LogP contribution in [0.15, 0.2) is 12.4 Å². The highest BCUT2D eigenvalue weighted by Crippen LogP contribution is 2.38. The molecule has 1 heterocycles. The van der Waals surface area contributed by atoms with E-state index in [1.807, 2.05) is 0 Å². The van der Waals surface area contributed by atoms with Gasteiger partial charge in [0.25, 0.3) is 0 Å². The molecule has 0 saturated carbocycles. The van der Waals surface area contributed by atoms with Gasteiger partial charge in [-0.2, -0.15) is 13.2 Å². The number of aromatic nitrogens is 1. The first-order valence-corrected chi connectivity index (χ1v) is 4.14. The fourth-order valence-electron chi connectivity index (χ4n) is 1.26. The zero-order chi connectivity index (χ0) is 10.9. The lowest BCUT2D eigenvalue weighted by Gasteiger charge is -2.16. The summed E-state index contributed by atoms with van der Waals surface area (Å²) < 4.78 is 37.7. The molecule has 0 aliphatic heterocycles. The Morgan fingerprint density at radius 3 is 2.21 bits per heavy atom. The second-order valence-electron chi connectivity index (χ2n) is 3.35. The molecule has 1 aromatic rings. The van der Waals surface area contributed by atoms with Gasteiger partial charge in [-0.1, -0.05) is 13.8 Å². The molecular formula is C9H11F3N2. The van der Waals surface area contributed by atoms with E-state index < -0.39 is 11.7 Å². The smallest absolute Gasteiger partial charge is 0.397 e. The van der Waals surface area contributed by atoms with E-state index in [-0.39, 0.29) is 17.2 Å². The van der Waals surface area contributed by atoms with Gasteiger partial charge in [0.1, 0.15) is 0 Å². The average molecular weight is 204 g/mol.